The van der Waals surface area contributed by atoms with Crippen LogP contribution in [0.25, 0.3) is 0 Å². The van der Waals surface area contributed by atoms with Crippen LogP contribution in [-0.4, -0.2) is 30.0 Å². The fraction of sp³-hybridized carbons (Fsp3) is 0.133. The van der Waals surface area contributed by atoms with Crippen LogP contribution in [0.4, 0.5) is 0 Å². The summed E-state index contributed by atoms with van der Waals surface area (Å²) in [5.74, 6) is -0.619. The number of esters is 1. The number of aromatic nitrogens is 1. The van der Waals surface area contributed by atoms with E-state index in [0.717, 1.165) is 0 Å². The molecule has 0 saturated carbocycles. The molecule has 2 aromatic rings. The van der Waals surface area contributed by atoms with Gasteiger partial charge in [-0.2, -0.15) is 0 Å². The van der Waals surface area contributed by atoms with Crippen molar-refractivity contribution in [2.24, 2.45) is 0 Å². The summed E-state index contributed by atoms with van der Waals surface area (Å²) in [6, 6.07) is 11.9. The summed E-state index contributed by atoms with van der Waals surface area (Å²) in [4.78, 5) is 27.1. The predicted octanol–water partition coefficient (Wildman–Crippen LogP) is 2.09. The Labute approximate surface area is 128 Å². The molecule has 0 bridgehead atoms. The van der Waals surface area contributed by atoms with Crippen molar-refractivity contribution in [1.29, 1.82) is 0 Å². The van der Waals surface area contributed by atoms with Crippen molar-refractivity contribution in [2.75, 3.05) is 13.2 Å². The topological polar surface area (TPSA) is 68.3 Å². The highest BCUT2D eigenvalue weighted by Gasteiger charge is 2.07. The molecule has 5 nitrogen and oxygen atoms in total. The van der Waals surface area contributed by atoms with Gasteiger partial charge < -0.3 is 10.1 Å². The summed E-state index contributed by atoms with van der Waals surface area (Å²) in [5, 5.41) is 2.66. The lowest BCUT2D eigenvalue weighted by atomic mass is 10.2. The molecule has 0 spiro atoms. The number of ether oxygens (including phenoxy) is 1. The van der Waals surface area contributed by atoms with Gasteiger partial charge in [-0.1, -0.05) is 18.2 Å². The Morgan fingerprint density at radius 3 is 2.33 bits per heavy atom. The summed E-state index contributed by atoms with van der Waals surface area (Å²) < 4.78 is 5.05. The van der Waals surface area contributed by atoms with Crippen molar-refractivity contribution < 1.29 is 14.3 Å². The summed E-state index contributed by atoms with van der Waals surface area (Å²) in [7, 11) is 0. The second-order valence-corrected chi connectivity index (χ2v) is 3.99. The van der Waals surface area contributed by atoms with Crippen LogP contribution in [0.2, 0.25) is 0 Å². The molecule has 0 saturated heterocycles. The molecule has 6 heteroatoms. The van der Waals surface area contributed by atoms with E-state index in [2.05, 4.69) is 10.3 Å². The van der Waals surface area contributed by atoms with E-state index in [4.69, 9.17) is 4.74 Å². The normalized spacial score (nSPS) is 9.33. The van der Waals surface area contributed by atoms with Crippen LogP contribution in [0.3, 0.4) is 0 Å². The van der Waals surface area contributed by atoms with E-state index >= 15 is 0 Å². The standard InChI is InChI=1S/C15H14N2O3.ClH/c18-14(12-6-8-16-9-7-12)17-10-11-20-15(19)13-4-2-1-3-5-13;/h1-9H,10-11H2,(H,17,18);1H. The molecule has 2 rings (SSSR count). The predicted molar refractivity (Wildman–Crippen MR) is 80.5 cm³/mol. The van der Waals surface area contributed by atoms with E-state index in [1.807, 2.05) is 6.07 Å². The lowest BCUT2D eigenvalue weighted by Crippen LogP contribution is -2.28. The number of hydrogen-bond acceptors (Lipinski definition) is 4. The second-order valence-electron chi connectivity index (χ2n) is 3.99. The molecule has 1 aromatic heterocycles. The van der Waals surface area contributed by atoms with Crippen LogP contribution in [0.5, 0.6) is 0 Å². The Hall–Kier alpha value is -2.40. The van der Waals surface area contributed by atoms with Gasteiger partial charge in [0.2, 0.25) is 0 Å². The maximum Gasteiger partial charge on any atom is 0.338 e. The summed E-state index contributed by atoms with van der Waals surface area (Å²) >= 11 is 0. The number of rotatable bonds is 5. The summed E-state index contributed by atoms with van der Waals surface area (Å²) in [6.45, 7) is 0.393. The first-order chi connectivity index (χ1) is 9.77. The van der Waals surface area contributed by atoms with Gasteiger partial charge in [0.05, 0.1) is 12.1 Å². The van der Waals surface area contributed by atoms with Crippen LogP contribution in [0, 0.1) is 0 Å². The van der Waals surface area contributed by atoms with Crippen molar-refractivity contribution in [1.82, 2.24) is 10.3 Å². The van der Waals surface area contributed by atoms with Crippen LogP contribution < -0.4 is 5.32 Å². The molecular weight excluding hydrogens is 292 g/mol. The van der Waals surface area contributed by atoms with Crippen molar-refractivity contribution in [3.05, 3.63) is 66.0 Å². The molecule has 1 amide bonds. The van der Waals surface area contributed by atoms with Crippen molar-refractivity contribution >= 4 is 24.3 Å². The van der Waals surface area contributed by atoms with Crippen LogP contribution in [-0.2, 0) is 4.74 Å². The molecule has 21 heavy (non-hydrogen) atoms. The van der Waals surface area contributed by atoms with Crippen molar-refractivity contribution in [3.63, 3.8) is 0 Å². The molecule has 0 aliphatic heterocycles. The maximum atomic E-state index is 11.7. The van der Waals surface area contributed by atoms with Gasteiger partial charge in [-0.15, -0.1) is 12.4 Å². The van der Waals surface area contributed by atoms with Gasteiger partial charge in [0.15, 0.2) is 0 Å². The zero-order chi connectivity index (χ0) is 14.2. The van der Waals surface area contributed by atoms with Gasteiger partial charge in [0.25, 0.3) is 5.91 Å². The molecular formula is C15H15ClN2O3. The van der Waals surface area contributed by atoms with Gasteiger partial charge in [-0.05, 0) is 24.3 Å². The van der Waals surface area contributed by atoms with Crippen LogP contribution in [0.1, 0.15) is 20.7 Å². The van der Waals surface area contributed by atoms with Crippen LogP contribution in [0.15, 0.2) is 54.9 Å². The van der Waals surface area contributed by atoms with Gasteiger partial charge >= 0.3 is 5.97 Å². The highest BCUT2D eigenvalue weighted by Crippen LogP contribution is 2.00. The van der Waals surface area contributed by atoms with Crippen molar-refractivity contribution in [3.8, 4) is 0 Å². The van der Waals surface area contributed by atoms with Gasteiger partial charge in [-0.3, -0.25) is 9.78 Å². The lowest BCUT2D eigenvalue weighted by molar-refractivity contribution is 0.0503. The quantitative estimate of drug-likeness (QED) is 0.678. The van der Waals surface area contributed by atoms with E-state index < -0.39 is 5.97 Å². The third-order valence-corrected chi connectivity index (χ3v) is 2.57. The number of nitrogens with one attached hydrogen (secondary N) is 1. The number of carbonyl (C=O) groups is 2. The first-order valence-corrected chi connectivity index (χ1v) is 6.18. The Balaban J connectivity index is 0.00000220. The number of pyridine rings is 1. The zero-order valence-corrected chi connectivity index (χ0v) is 12.0. The highest BCUT2D eigenvalue weighted by molar-refractivity contribution is 5.94. The molecule has 1 heterocycles. The number of benzene rings is 1. The minimum Gasteiger partial charge on any atom is -0.460 e. The first kappa shape index (κ1) is 16.7. The highest BCUT2D eigenvalue weighted by atomic mass is 35.5. The minimum absolute atomic E-state index is 0. The minimum atomic E-state index is -0.399. The third-order valence-electron chi connectivity index (χ3n) is 2.57. The maximum absolute atomic E-state index is 11.7. The molecule has 110 valence electrons. The molecule has 0 aliphatic rings. The Bertz CT molecular complexity index is 522. The van der Waals surface area contributed by atoms with Gasteiger partial charge in [0.1, 0.15) is 6.61 Å². The van der Waals surface area contributed by atoms with Gasteiger partial charge in [-0.25, -0.2) is 4.79 Å². The average Bonchev–Trinajstić information content (AvgIpc) is 2.53. The number of halogens is 1. The Morgan fingerprint density at radius 2 is 1.67 bits per heavy atom. The molecule has 1 aromatic carbocycles. The molecule has 0 radical (unpaired) electrons. The molecule has 0 unspecified atom stereocenters. The summed E-state index contributed by atoms with van der Waals surface area (Å²) in [5.41, 5.74) is 1.02. The number of nitrogens with zero attached hydrogens (tertiary/aromatic N) is 1. The number of hydrogen-bond donors (Lipinski definition) is 1. The van der Waals surface area contributed by atoms with Gasteiger partial charge in [0, 0.05) is 18.0 Å². The van der Waals surface area contributed by atoms with E-state index in [9.17, 15) is 9.59 Å². The third kappa shape index (κ3) is 5.24. The van der Waals surface area contributed by atoms with Crippen molar-refractivity contribution in [2.45, 2.75) is 0 Å². The monoisotopic (exact) mass is 306 g/mol. The smallest absolute Gasteiger partial charge is 0.338 e. The largest absolute Gasteiger partial charge is 0.460 e. The molecule has 0 fully saturated rings. The SMILES string of the molecule is Cl.O=C(NCCOC(=O)c1ccccc1)c1ccncc1. The Morgan fingerprint density at radius 1 is 1.00 bits per heavy atom. The zero-order valence-electron chi connectivity index (χ0n) is 11.2. The average molecular weight is 307 g/mol. The fourth-order valence-corrected chi connectivity index (χ4v) is 1.57. The second kappa shape index (κ2) is 8.71. The van der Waals surface area contributed by atoms with E-state index in [0.29, 0.717) is 11.1 Å². The fourth-order valence-electron chi connectivity index (χ4n) is 1.57. The first-order valence-electron chi connectivity index (χ1n) is 6.18. The molecule has 0 aliphatic carbocycles. The summed E-state index contributed by atoms with van der Waals surface area (Å²) in [6.07, 6.45) is 3.09. The van der Waals surface area contributed by atoms with E-state index in [1.54, 1.807) is 48.8 Å². The van der Waals surface area contributed by atoms with E-state index in [-0.39, 0.29) is 31.5 Å². The van der Waals surface area contributed by atoms with Crippen LogP contribution >= 0.6 is 12.4 Å². The molecule has 0 atom stereocenters. The Kier molecular flexibility index (Phi) is 6.91. The molecule has 1 N–H and O–H groups in total. The number of amides is 1. The lowest BCUT2D eigenvalue weighted by Gasteiger charge is -2.06. The number of carbonyl (C=O) groups excluding carboxylic acids is 2. The van der Waals surface area contributed by atoms with E-state index in [1.165, 1.54) is 0 Å².